The van der Waals surface area contributed by atoms with Gasteiger partial charge >= 0.3 is 5.69 Å². The number of nitrogens with zero attached hydrogens (tertiary/aromatic N) is 2. The van der Waals surface area contributed by atoms with Gasteiger partial charge in [-0.25, -0.2) is 9.78 Å². The van der Waals surface area contributed by atoms with Crippen molar-refractivity contribution < 1.29 is 9.53 Å². The Morgan fingerprint density at radius 2 is 2.07 bits per heavy atom. The Kier molecular flexibility index (Phi) is 6.56. The fourth-order valence-corrected chi connectivity index (χ4v) is 3.11. The van der Waals surface area contributed by atoms with Crippen molar-refractivity contribution in [1.82, 2.24) is 14.5 Å². The molecule has 2 N–H and O–H groups in total. The molecule has 0 saturated heterocycles. The number of fused-ring (bicyclic) bond motifs is 1. The number of benzene rings is 1. The Morgan fingerprint density at radius 3 is 2.73 bits per heavy atom. The first-order valence-corrected chi connectivity index (χ1v) is 10.0. The molecule has 1 amide bonds. The molecule has 3 aromatic rings. The molecule has 9 heteroatoms. The van der Waals surface area contributed by atoms with Crippen molar-refractivity contribution in [2.45, 2.75) is 33.7 Å². The van der Waals surface area contributed by atoms with E-state index in [0.29, 0.717) is 41.9 Å². The largest absolute Gasteiger partial charge is 0.492 e. The average Bonchev–Trinajstić information content (AvgIpc) is 2.70. The summed E-state index contributed by atoms with van der Waals surface area (Å²) < 4.78 is 7.01. The molecule has 0 atom stereocenters. The molecule has 3 rings (SSSR count). The Hall–Kier alpha value is -3.13. The highest BCUT2D eigenvalue weighted by molar-refractivity contribution is 6.32. The predicted octanol–water partition coefficient (Wildman–Crippen LogP) is 3.44. The summed E-state index contributed by atoms with van der Waals surface area (Å²) in [4.78, 5) is 43.3. The van der Waals surface area contributed by atoms with Crippen molar-refractivity contribution in [2.75, 3.05) is 11.9 Å². The van der Waals surface area contributed by atoms with Crippen LogP contribution in [0.15, 0.2) is 40.1 Å². The van der Waals surface area contributed by atoms with Crippen LogP contribution in [-0.2, 0) is 6.54 Å². The van der Waals surface area contributed by atoms with Crippen molar-refractivity contribution >= 4 is 34.2 Å². The summed E-state index contributed by atoms with van der Waals surface area (Å²) in [7, 11) is 0. The van der Waals surface area contributed by atoms with Crippen molar-refractivity contribution in [1.29, 1.82) is 0 Å². The minimum absolute atomic E-state index is 0.172. The highest BCUT2D eigenvalue weighted by Crippen LogP contribution is 2.28. The normalized spacial score (nSPS) is 11.1. The maximum absolute atomic E-state index is 12.7. The van der Waals surface area contributed by atoms with Crippen LogP contribution in [0.4, 0.5) is 5.69 Å². The third-order valence-corrected chi connectivity index (χ3v) is 4.60. The van der Waals surface area contributed by atoms with Crippen LogP contribution in [0.1, 0.15) is 37.6 Å². The number of carbonyl (C=O) groups excluding carboxylic acids is 1. The molecule has 2 heterocycles. The molecule has 0 saturated carbocycles. The van der Waals surface area contributed by atoms with E-state index in [1.165, 1.54) is 16.8 Å². The summed E-state index contributed by atoms with van der Waals surface area (Å²) in [5, 5.41) is 3.28. The van der Waals surface area contributed by atoms with Gasteiger partial charge in [-0.1, -0.05) is 32.4 Å². The number of anilines is 1. The third kappa shape index (κ3) is 4.71. The van der Waals surface area contributed by atoms with Crippen LogP contribution in [0, 0.1) is 5.92 Å². The number of H-pyrrole nitrogens is 1. The van der Waals surface area contributed by atoms with Crippen LogP contribution in [0.3, 0.4) is 0 Å². The maximum Gasteiger partial charge on any atom is 0.329 e. The number of aromatic nitrogens is 3. The second-order valence-electron chi connectivity index (χ2n) is 7.31. The highest BCUT2D eigenvalue weighted by atomic mass is 35.5. The van der Waals surface area contributed by atoms with Gasteiger partial charge in [0.1, 0.15) is 11.4 Å². The first-order chi connectivity index (χ1) is 14.3. The smallest absolute Gasteiger partial charge is 0.329 e. The number of carbonyl (C=O) groups is 1. The molecule has 0 spiro atoms. The molecule has 0 unspecified atom stereocenters. The number of aryl methyl sites for hydroxylation is 1. The van der Waals surface area contributed by atoms with Gasteiger partial charge in [-0.05, 0) is 36.6 Å². The summed E-state index contributed by atoms with van der Waals surface area (Å²) in [5.41, 5.74) is -0.192. The van der Waals surface area contributed by atoms with Crippen LogP contribution in [-0.4, -0.2) is 27.0 Å². The third-order valence-electron chi connectivity index (χ3n) is 4.30. The average molecular weight is 431 g/mol. The molecule has 0 bridgehead atoms. The summed E-state index contributed by atoms with van der Waals surface area (Å²) in [6, 6.07) is 6.38. The number of rotatable bonds is 7. The number of ether oxygens (including phenoxy) is 1. The van der Waals surface area contributed by atoms with Crippen molar-refractivity contribution in [3.05, 3.63) is 61.9 Å². The number of nitrogens with one attached hydrogen (secondary N) is 2. The van der Waals surface area contributed by atoms with Crippen LogP contribution in [0.2, 0.25) is 5.02 Å². The summed E-state index contributed by atoms with van der Waals surface area (Å²) in [6.07, 6.45) is 2.03. The van der Waals surface area contributed by atoms with Gasteiger partial charge in [-0.2, -0.15) is 0 Å². The van der Waals surface area contributed by atoms with Gasteiger partial charge < -0.3 is 10.1 Å². The van der Waals surface area contributed by atoms with Crippen molar-refractivity contribution in [2.24, 2.45) is 5.92 Å². The maximum atomic E-state index is 12.7. The van der Waals surface area contributed by atoms with E-state index in [-0.39, 0.29) is 16.6 Å². The van der Waals surface area contributed by atoms with E-state index in [0.717, 1.165) is 0 Å². The zero-order valence-electron chi connectivity index (χ0n) is 17.0. The molecular formula is C21H23ClN4O4. The van der Waals surface area contributed by atoms with E-state index in [4.69, 9.17) is 16.3 Å². The molecule has 1 aromatic carbocycles. The standard InChI is InChI=1S/C21H23ClN4O4/c1-4-7-26-18-15(20(28)25-21(26)29)8-13(10-23-18)19(27)24-14-5-6-17(16(22)9-14)30-11-12(2)3/h5-6,8-10,12H,4,7,11H2,1-3H3,(H,24,27)(H,25,28,29). The summed E-state index contributed by atoms with van der Waals surface area (Å²) in [5.74, 6) is 0.442. The molecule has 158 valence electrons. The number of amides is 1. The minimum atomic E-state index is -0.584. The number of halogens is 1. The van der Waals surface area contributed by atoms with Gasteiger partial charge in [0, 0.05) is 18.4 Å². The monoisotopic (exact) mass is 430 g/mol. The molecule has 0 aliphatic rings. The number of aromatic amines is 1. The lowest BCUT2D eigenvalue weighted by Gasteiger charge is -2.12. The molecule has 2 aromatic heterocycles. The fraction of sp³-hybridized carbons (Fsp3) is 0.333. The first kappa shape index (κ1) is 21.6. The van der Waals surface area contributed by atoms with E-state index in [2.05, 4.69) is 15.3 Å². The first-order valence-electron chi connectivity index (χ1n) is 9.66. The Labute approximate surface area is 177 Å². The van der Waals surface area contributed by atoms with Crippen LogP contribution in [0.5, 0.6) is 5.75 Å². The second kappa shape index (κ2) is 9.13. The predicted molar refractivity (Wildman–Crippen MR) is 117 cm³/mol. The number of hydrogen-bond donors (Lipinski definition) is 2. The number of hydrogen-bond acceptors (Lipinski definition) is 5. The van der Waals surface area contributed by atoms with Gasteiger partial charge in [-0.3, -0.25) is 19.1 Å². The zero-order valence-corrected chi connectivity index (χ0v) is 17.7. The van der Waals surface area contributed by atoms with Gasteiger partial charge in [-0.15, -0.1) is 0 Å². The van der Waals surface area contributed by atoms with E-state index in [9.17, 15) is 14.4 Å². The lowest BCUT2D eigenvalue weighted by Crippen LogP contribution is -2.31. The lowest BCUT2D eigenvalue weighted by atomic mass is 10.2. The lowest BCUT2D eigenvalue weighted by molar-refractivity contribution is 0.102. The van der Waals surface area contributed by atoms with Gasteiger partial charge in [0.2, 0.25) is 0 Å². The Balaban J connectivity index is 1.86. The van der Waals surface area contributed by atoms with Crippen molar-refractivity contribution in [3.63, 3.8) is 0 Å². The number of pyridine rings is 1. The molecular weight excluding hydrogens is 408 g/mol. The fourth-order valence-electron chi connectivity index (χ4n) is 2.88. The molecule has 0 fully saturated rings. The molecule has 0 aliphatic heterocycles. The molecule has 0 aliphatic carbocycles. The topological polar surface area (TPSA) is 106 Å². The van der Waals surface area contributed by atoms with Crippen LogP contribution >= 0.6 is 11.6 Å². The van der Waals surface area contributed by atoms with E-state index in [1.807, 2.05) is 20.8 Å². The van der Waals surface area contributed by atoms with Gasteiger partial charge in [0.25, 0.3) is 11.5 Å². The summed E-state index contributed by atoms with van der Waals surface area (Å²) in [6.45, 7) is 6.93. The van der Waals surface area contributed by atoms with Gasteiger partial charge in [0.05, 0.1) is 22.6 Å². The van der Waals surface area contributed by atoms with E-state index < -0.39 is 17.2 Å². The second-order valence-corrected chi connectivity index (χ2v) is 7.72. The summed E-state index contributed by atoms with van der Waals surface area (Å²) >= 11 is 6.24. The highest BCUT2D eigenvalue weighted by Gasteiger charge is 2.14. The minimum Gasteiger partial charge on any atom is -0.492 e. The SMILES string of the molecule is CCCn1c(=O)[nH]c(=O)c2cc(C(=O)Nc3ccc(OCC(C)C)c(Cl)c3)cnc21. The van der Waals surface area contributed by atoms with E-state index in [1.54, 1.807) is 18.2 Å². The molecule has 30 heavy (non-hydrogen) atoms. The van der Waals surface area contributed by atoms with E-state index >= 15 is 0 Å². The van der Waals surface area contributed by atoms with Crippen molar-refractivity contribution in [3.8, 4) is 5.75 Å². The van der Waals surface area contributed by atoms with Crippen LogP contribution < -0.4 is 21.3 Å². The molecule has 8 nitrogen and oxygen atoms in total. The quantitative estimate of drug-likeness (QED) is 0.597. The molecule has 0 radical (unpaired) electrons. The Bertz CT molecular complexity index is 1200. The zero-order chi connectivity index (χ0) is 21.8. The van der Waals surface area contributed by atoms with Crippen LogP contribution in [0.25, 0.3) is 11.0 Å². The van der Waals surface area contributed by atoms with Gasteiger partial charge in [0.15, 0.2) is 0 Å². The Morgan fingerprint density at radius 1 is 1.30 bits per heavy atom.